The number of methoxy groups -OCH3 is 1. The zero-order valence-electron chi connectivity index (χ0n) is 18.4. The van der Waals surface area contributed by atoms with Gasteiger partial charge in [0.2, 0.25) is 11.4 Å². The van der Waals surface area contributed by atoms with Gasteiger partial charge in [-0.05, 0) is 61.0 Å². The summed E-state index contributed by atoms with van der Waals surface area (Å²) in [6.45, 7) is 2.95. The Balaban J connectivity index is 0.000000555. The van der Waals surface area contributed by atoms with Gasteiger partial charge in [-0.3, -0.25) is 0 Å². The summed E-state index contributed by atoms with van der Waals surface area (Å²) in [7, 11) is -4.30. The first-order valence-electron chi connectivity index (χ1n) is 10.4. The summed E-state index contributed by atoms with van der Waals surface area (Å²) in [5.74, 6) is 0.879. The number of aromatic nitrogens is 1. The monoisotopic (exact) mass is 453 g/mol. The Kier molecular flexibility index (Phi) is 7.88. The molecule has 0 aliphatic heterocycles. The molecule has 33 heavy (non-hydrogen) atoms. The van der Waals surface area contributed by atoms with E-state index in [-0.39, 0.29) is 0 Å². The molecular formula is C26H24BF4NO. The van der Waals surface area contributed by atoms with Crippen LogP contribution < -0.4 is 9.30 Å². The molecule has 0 aliphatic carbocycles. The second kappa shape index (κ2) is 10.8. The molecule has 0 bridgehead atoms. The van der Waals surface area contributed by atoms with E-state index < -0.39 is 7.25 Å². The number of halogens is 4. The van der Waals surface area contributed by atoms with E-state index >= 15 is 0 Å². The van der Waals surface area contributed by atoms with E-state index in [0.29, 0.717) is 0 Å². The molecule has 0 radical (unpaired) electrons. The Hall–Kier alpha value is -3.61. The Labute approximate surface area is 191 Å². The number of hydrogen-bond donors (Lipinski definition) is 0. The van der Waals surface area contributed by atoms with E-state index in [1.165, 1.54) is 33.6 Å². The standard InChI is InChI=1S/C26H24NO.BF4/c1-20-17-25(22-9-5-3-6-10-22)27(19-21-13-15-24(28-2)16-14-21)26(18-20)23-11-7-4-8-12-23;2-1(3,4)5/h3-18H,19H2,1-2H3;/q+1;-1. The summed E-state index contributed by atoms with van der Waals surface area (Å²) in [6.07, 6.45) is 0. The molecule has 1 aromatic heterocycles. The van der Waals surface area contributed by atoms with Gasteiger partial charge in [0.1, 0.15) is 5.75 Å². The van der Waals surface area contributed by atoms with Crippen molar-refractivity contribution in [1.29, 1.82) is 0 Å². The van der Waals surface area contributed by atoms with Crippen molar-refractivity contribution in [3.05, 3.63) is 108 Å². The van der Waals surface area contributed by atoms with Gasteiger partial charge in [-0.25, -0.2) is 0 Å². The molecule has 0 unspecified atom stereocenters. The van der Waals surface area contributed by atoms with Gasteiger partial charge in [-0.15, -0.1) is 0 Å². The number of ether oxygens (including phenoxy) is 1. The molecule has 4 rings (SSSR count). The van der Waals surface area contributed by atoms with E-state index in [1.807, 2.05) is 12.1 Å². The smallest absolute Gasteiger partial charge is 0.497 e. The first kappa shape index (κ1) is 24.0. The highest BCUT2D eigenvalue weighted by Crippen LogP contribution is 2.24. The third-order valence-corrected chi connectivity index (χ3v) is 4.95. The molecular weight excluding hydrogens is 429 g/mol. The molecule has 7 heteroatoms. The van der Waals surface area contributed by atoms with Gasteiger partial charge in [0.25, 0.3) is 0 Å². The number of pyridine rings is 1. The summed E-state index contributed by atoms with van der Waals surface area (Å²) >= 11 is 0. The lowest BCUT2D eigenvalue weighted by atomic mass is 10.0. The molecule has 0 saturated heterocycles. The molecule has 0 fully saturated rings. The molecule has 3 aromatic carbocycles. The number of nitrogens with zero attached hydrogens (tertiary/aromatic N) is 1. The fraction of sp³-hybridized carbons (Fsp3) is 0.115. The molecule has 2 nitrogen and oxygen atoms in total. The maximum Gasteiger partial charge on any atom is 0.673 e. The Bertz CT molecular complexity index is 1100. The molecule has 0 N–H and O–H groups in total. The predicted molar refractivity (Wildman–Crippen MR) is 125 cm³/mol. The lowest BCUT2D eigenvalue weighted by Gasteiger charge is -2.12. The summed E-state index contributed by atoms with van der Waals surface area (Å²) in [6, 6.07) is 34.1. The molecule has 1 heterocycles. The van der Waals surface area contributed by atoms with E-state index in [2.05, 4.69) is 96.4 Å². The van der Waals surface area contributed by atoms with Crippen LogP contribution in [-0.2, 0) is 6.54 Å². The Morgan fingerprint density at radius 2 is 1.12 bits per heavy atom. The predicted octanol–water partition coefficient (Wildman–Crippen LogP) is 6.97. The van der Waals surface area contributed by atoms with Crippen LogP contribution in [0.5, 0.6) is 5.75 Å². The number of benzene rings is 3. The number of hydrogen-bond acceptors (Lipinski definition) is 1. The summed E-state index contributed by atoms with van der Waals surface area (Å²) in [4.78, 5) is 0. The average Bonchev–Trinajstić information content (AvgIpc) is 2.80. The van der Waals surface area contributed by atoms with Crippen molar-refractivity contribution in [2.45, 2.75) is 13.5 Å². The van der Waals surface area contributed by atoms with Crippen molar-refractivity contribution in [2.75, 3.05) is 7.11 Å². The van der Waals surface area contributed by atoms with Gasteiger partial charge in [-0.1, -0.05) is 36.4 Å². The van der Waals surface area contributed by atoms with Gasteiger partial charge in [0.15, 0.2) is 6.54 Å². The zero-order chi connectivity index (χ0) is 23.8. The number of rotatable bonds is 5. The minimum Gasteiger partial charge on any atom is -0.497 e. The normalized spacial score (nSPS) is 10.8. The van der Waals surface area contributed by atoms with Crippen molar-refractivity contribution in [1.82, 2.24) is 0 Å². The maximum absolute atomic E-state index is 9.75. The highest BCUT2D eigenvalue weighted by molar-refractivity contribution is 6.50. The van der Waals surface area contributed by atoms with Crippen molar-refractivity contribution in [3.63, 3.8) is 0 Å². The third kappa shape index (κ3) is 7.21. The van der Waals surface area contributed by atoms with E-state index in [0.717, 1.165) is 12.3 Å². The van der Waals surface area contributed by atoms with Crippen LogP contribution in [0.2, 0.25) is 0 Å². The minimum atomic E-state index is -6.00. The molecule has 0 aliphatic rings. The molecule has 170 valence electrons. The lowest BCUT2D eigenvalue weighted by molar-refractivity contribution is -0.666. The van der Waals surface area contributed by atoms with Crippen LogP contribution in [0.15, 0.2) is 97.1 Å². The minimum absolute atomic E-state index is 0.790. The van der Waals surface area contributed by atoms with Crippen molar-refractivity contribution in [3.8, 4) is 28.3 Å². The van der Waals surface area contributed by atoms with Crippen molar-refractivity contribution < 1.29 is 26.6 Å². The summed E-state index contributed by atoms with van der Waals surface area (Å²) in [5.41, 5.74) is 7.37. The second-order valence-corrected chi connectivity index (χ2v) is 7.46. The van der Waals surface area contributed by atoms with Gasteiger partial charge in [0, 0.05) is 28.8 Å². The molecule has 0 atom stereocenters. The van der Waals surface area contributed by atoms with E-state index in [9.17, 15) is 17.3 Å². The van der Waals surface area contributed by atoms with Crippen LogP contribution in [0.25, 0.3) is 22.5 Å². The van der Waals surface area contributed by atoms with Gasteiger partial charge >= 0.3 is 7.25 Å². The molecule has 0 spiro atoms. The Morgan fingerprint density at radius 3 is 1.52 bits per heavy atom. The first-order valence-corrected chi connectivity index (χ1v) is 10.4. The summed E-state index contributed by atoms with van der Waals surface area (Å²) in [5, 5.41) is 0. The van der Waals surface area contributed by atoms with Crippen molar-refractivity contribution >= 4 is 7.25 Å². The van der Waals surface area contributed by atoms with Crippen LogP contribution in [0.3, 0.4) is 0 Å². The van der Waals surface area contributed by atoms with Crippen LogP contribution in [0.4, 0.5) is 17.3 Å². The van der Waals surface area contributed by atoms with Crippen LogP contribution in [0, 0.1) is 6.92 Å². The van der Waals surface area contributed by atoms with Gasteiger partial charge in [0.05, 0.1) is 7.11 Å². The topological polar surface area (TPSA) is 13.1 Å². The second-order valence-electron chi connectivity index (χ2n) is 7.46. The molecule has 0 amide bonds. The SMILES string of the molecule is COc1ccc(C[n+]2c(-c3ccccc3)cc(C)cc2-c2ccccc2)cc1.F[B-](F)(F)F. The fourth-order valence-corrected chi connectivity index (χ4v) is 3.54. The quantitative estimate of drug-likeness (QED) is 0.181. The zero-order valence-corrected chi connectivity index (χ0v) is 18.4. The number of aryl methyl sites for hydroxylation is 1. The van der Waals surface area contributed by atoms with Gasteiger partial charge in [-0.2, -0.15) is 4.57 Å². The summed E-state index contributed by atoms with van der Waals surface area (Å²) < 4.78 is 46.7. The largest absolute Gasteiger partial charge is 0.673 e. The highest BCUT2D eigenvalue weighted by atomic mass is 19.5. The van der Waals surface area contributed by atoms with Gasteiger partial charge < -0.3 is 22.0 Å². The Morgan fingerprint density at radius 1 is 0.697 bits per heavy atom. The van der Waals surface area contributed by atoms with Crippen LogP contribution >= 0.6 is 0 Å². The highest BCUT2D eigenvalue weighted by Gasteiger charge is 2.22. The lowest BCUT2D eigenvalue weighted by Crippen LogP contribution is -2.39. The van der Waals surface area contributed by atoms with E-state index in [4.69, 9.17) is 4.74 Å². The van der Waals surface area contributed by atoms with E-state index in [1.54, 1.807) is 7.11 Å². The van der Waals surface area contributed by atoms with Crippen molar-refractivity contribution in [2.24, 2.45) is 0 Å². The third-order valence-electron chi connectivity index (χ3n) is 4.95. The maximum atomic E-state index is 9.75. The fourth-order valence-electron chi connectivity index (χ4n) is 3.54. The first-order chi connectivity index (χ1) is 15.7. The molecule has 4 aromatic rings. The van der Waals surface area contributed by atoms with Crippen LogP contribution in [0.1, 0.15) is 11.1 Å². The van der Waals surface area contributed by atoms with Crippen LogP contribution in [-0.4, -0.2) is 14.4 Å². The average molecular weight is 453 g/mol. The molecule has 0 saturated carbocycles.